The minimum Gasteiger partial charge on any atom is -0.303 e. The highest BCUT2D eigenvalue weighted by Crippen LogP contribution is 2.21. The molecule has 0 aliphatic carbocycles. The molecule has 1 N–H and O–H groups in total. The summed E-state index contributed by atoms with van der Waals surface area (Å²) in [6.45, 7) is 12.2. The van der Waals surface area contributed by atoms with Crippen molar-refractivity contribution in [3.8, 4) is 6.07 Å². The summed E-state index contributed by atoms with van der Waals surface area (Å²) in [7, 11) is 0. The van der Waals surface area contributed by atoms with E-state index in [0.717, 1.165) is 38.5 Å². The molecule has 2 fully saturated rings. The number of nitrogens with one attached hydrogen (secondary N) is 1. The second-order valence-electron chi connectivity index (χ2n) is 7.10. The second kappa shape index (κ2) is 8.12. The van der Waals surface area contributed by atoms with Crippen LogP contribution < -0.4 is 5.32 Å². The largest absolute Gasteiger partial charge is 0.303 e. The fraction of sp³-hybridized carbons (Fsp3) is 0.941. The third-order valence-electron chi connectivity index (χ3n) is 4.97. The maximum absolute atomic E-state index is 9.44. The van der Waals surface area contributed by atoms with Crippen LogP contribution in [0.3, 0.4) is 0 Å². The first-order chi connectivity index (χ1) is 10.1. The molecule has 4 heteroatoms. The number of nitrogens with zero attached hydrogens (tertiary/aromatic N) is 3. The summed E-state index contributed by atoms with van der Waals surface area (Å²) in [6, 6.07) is 2.47. The fourth-order valence-electron chi connectivity index (χ4n) is 3.64. The Morgan fingerprint density at radius 1 is 1.14 bits per heavy atom. The molecule has 0 radical (unpaired) electrons. The van der Waals surface area contributed by atoms with E-state index in [1.807, 2.05) is 6.92 Å². The summed E-state index contributed by atoms with van der Waals surface area (Å²) in [5, 5.41) is 12.8. The molecular weight excluding hydrogens is 260 g/mol. The normalized spacial score (nSPS) is 24.8. The van der Waals surface area contributed by atoms with E-state index in [1.165, 1.54) is 45.3 Å². The Balaban J connectivity index is 1.71. The van der Waals surface area contributed by atoms with Gasteiger partial charge in [-0.25, -0.2) is 0 Å². The van der Waals surface area contributed by atoms with Gasteiger partial charge in [-0.05, 0) is 77.7 Å². The van der Waals surface area contributed by atoms with Crippen molar-refractivity contribution in [1.82, 2.24) is 15.1 Å². The van der Waals surface area contributed by atoms with Gasteiger partial charge in [0.1, 0.15) is 5.54 Å². The first-order valence-electron chi connectivity index (χ1n) is 8.76. The fourth-order valence-corrected chi connectivity index (χ4v) is 3.64. The average Bonchev–Trinajstić information content (AvgIpc) is 3.00. The summed E-state index contributed by atoms with van der Waals surface area (Å²) in [5.41, 5.74) is -0.391. The predicted octanol–water partition coefficient (Wildman–Crippen LogP) is 2.08. The molecule has 0 bridgehead atoms. The molecule has 2 aliphatic heterocycles. The molecule has 120 valence electrons. The van der Waals surface area contributed by atoms with Crippen molar-refractivity contribution < 1.29 is 0 Å². The first kappa shape index (κ1) is 16.7. The molecule has 2 rings (SSSR count). The van der Waals surface area contributed by atoms with E-state index in [4.69, 9.17) is 0 Å². The van der Waals surface area contributed by atoms with Crippen LogP contribution in [0.2, 0.25) is 0 Å². The van der Waals surface area contributed by atoms with E-state index in [1.54, 1.807) is 0 Å². The number of piperidine rings is 1. The monoisotopic (exact) mass is 292 g/mol. The standard InChI is InChI=1S/C17H32N4/c1-3-8-19-17(2,14-18)15-21-11-6-16(7-12-21)13-20-9-4-5-10-20/h16,19H,3-13,15H2,1-2H3. The lowest BCUT2D eigenvalue weighted by Crippen LogP contribution is -2.52. The molecule has 0 aromatic carbocycles. The van der Waals surface area contributed by atoms with Gasteiger partial charge in [0.2, 0.25) is 0 Å². The van der Waals surface area contributed by atoms with Crippen molar-refractivity contribution in [2.45, 2.75) is 51.5 Å². The van der Waals surface area contributed by atoms with Gasteiger partial charge < -0.3 is 9.80 Å². The Morgan fingerprint density at radius 3 is 2.38 bits per heavy atom. The van der Waals surface area contributed by atoms with Gasteiger partial charge in [-0.3, -0.25) is 5.32 Å². The molecule has 0 aromatic rings. The van der Waals surface area contributed by atoms with Crippen molar-refractivity contribution in [1.29, 1.82) is 5.26 Å². The van der Waals surface area contributed by atoms with Crippen molar-refractivity contribution >= 4 is 0 Å². The average molecular weight is 292 g/mol. The van der Waals surface area contributed by atoms with E-state index < -0.39 is 5.54 Å². The lowest BCUT2D eigenvalue weighted by Gasteiger charge is -2.37. The van der Waals surface area contributed by atoms with Crippen LogP contribution in [0.15, 0.2) is 0 Å². The van der Waals surface area contributed by atoms with E-state index in [9.17, 15) is 5.26 Å². The summed E-state index contributed by atoms with van der Waals surface area (Å²) >= 11 is 0. The zero-order valence-corrected chi connectivity index (χ0v) is 13.9. The van der Waals surface area contributed by atoms with E-state index in [2.05, 4.69) is 28.1 Å². The minimum absolute atomic E-state index is 0.391. The number of hydrogen-bond acceptors (Lipinski definition) is 4. The maximum atomic E-state index is 9.44. The van der Waals surface area contributed by atoms with Gasteiger partial charge in [-0.1, -0.05) is 6.92 Å². The third kappa shape index (κ3) is 5.25. The SMILES string of the molecule is CCCNC(C)(C#N)CN1CCC(CN2CCCC2)CC1. The van der Waals surface area contributed by atoms with Crippen LogP contribution in [0, 0.1) is 17.2 Å². The highest BCUT2D eigenvalue weighted by Gasteiger charge is 2.29. The van der Waals surface area contributed by atoms with Crippen molar-refractivity contribution in [3.05, 3.63) is 0 Å². The van der Waals surface area contributed by atoms with Crippen LogP contribution in [0.5, 0.6) is 0 Å². The summed E-state index contributed by atoms with van der Waals surface area (Å²) in [4.78, 5) is 5.12. The molecule has 0 saturated carbocycles. The van der Waals surface area contributed by atoms with Crippen molar-refractivity contribution in [2.24, 2.45) is 5.92 Å². The van der Waals surface area contributed by atoms with Crippen molar-refractivity contribution in [2.75, 3.05) is 45.8 Å². The number of hydrogen-bond donors (Lipinski definition) is 1. The Hall–Kier alpha value is -0.630. The number of rotatable bonds is 7. The van der Waals surface area contributed by atoms with E-state index in [-0.39, 0.29) is 0 Å². The van der Waals surface area contributed by atoms with Gasteiger partial charge >= 0.3 is 0 Å². The number of likely N-dealkylation sites (tertiary alicyclic amines) is 2. The summed E-state index contributed by atoms with van der Waals surface area (Å²) in [6.07, 6.45) is 6.46. The number of nitriles is 1. The lowest BCUT2D eigenvalue weighted by molar-refractivity contribution is 0.135. The highest BCUT2D eigenvalue weighted by atomic mass is 15.2. The molecule has 0 amide bonds. The third-order valence-corrected chi connectivity index (χ3v) is 4.97. The molecule has 1 unspecified atom stereocenters. The molecule has 0 aromatic heterocycles. The van der Waals surface area contributed by atoms with Crippen LogP contribution in [0.1, 0.15) is 46.0 Å². The van der Waals surface area contributed by atoms with Crippen molar-refractivity contribution in [3.63, 3.8) is 0 Å². The van der Waals surface area contributed by atoms with Gasteiger partial charge in [-0.2, -0.15) is 5.26 Å². The first-order valence-corrected chi connectivity index (χ1v) is 8.76. The van der Waals surface area contributed by atoms with Crippen LogP contribution in [0.25, 0.3) is 0 Å². The topological polar surface area (TPSA) is 42.3 Å². The zero-order chi connectivity index (χ0) is 15.1. The molecule has 4 nitrogen and oxygen atoms in total. The lowest BCUT2D eigenvalue weighted by atomic mass is 9.94. The Kier molecular flexibility index (Phi) is 6.47. The van der Waals surface area contributed by atoms with Gasteiger partial charge in [0.05, 0.1) is 6.07 Å². The molecular formula is C17H32N4. The van der Waals surface area contributed by atoms with Crippen LogP contribution >= 0.6 is 0 Å². The predicted molar refractivity (Wildman–Crippen MR) is 87.1 cm³/mol. The van der Waals surface area contributed by atoms with Gasteiger partial charge in [-0.15, -0.1) is 0 Å². The zero-order valence-electron chi connectivity index (χ0n) is 13.9. The van der Waals surface area contributed by atoms with Gasteiger partial charge in [0, 0.05) is 13.1 Å². The Bertz CT molecular complexity index is 337. The summed E-state index contributed by atoms with van der Waals surface area (Å²) in [5.74, 6) is 0.872. The van der Waals surface area contributed by atoms with Crippen LogP contribution in [-0.4, -0.2) is 61.2 Å². The Morgan fingerprint density at radius 2 is 1.81 bits per heavy atom. The quantitative estimate of drug-likeness (QED) is 0.780. The Labute approximate surface area is 130 Å². The maximum Gasteiger partial charge on any atom is 0.116 e. The molecule has 2 heterocycles. The highest BCUT2D eigenvalue weighted by molar-refractivity contribution is 5.06. The second-order valence-corrected chi connectivity index (χ2v) is 7.10. The van der Waals surface area contributed by atoms with Gasteiger partial charge in [0.25, 0.3) is 0 Å². The molecule has 21 heavy (non-hydrogen) atoms. The molecule has 2 aliphatic rings. The van der Waals surface area contributed by atoms with Crippen LogP contribution in [0.4, 0.5) is 0 Å². The summed E-state index contributed by atoms with van der Waals surface area (Å²) < 4.78 is 0. The molecule has 0 spiro atoms. The van der Waals surface area contributed by atoms with E-state index >= 15 is 0 Å². The van der Waals surface area contributed by atoms with Gasteiger partial charge in [0.15, 0.2) is 0 Å². The smallest absolute Gasteiger partial charge is 0.116 e. The molecule has 2 saturated heterocycles. The molecule has 1 atom stereocenters. The van der Waals surface area contributed by atoms with Crippen LogP contribution in [-0.2, 0) is 0 Å². The van der Waals surface area contributed by atoms with E-state index in [0.29, 0.717) is 0 Å². The minimum atomic E-state index is -0.391.